The molecule has 1 saturated heterocycles. The van der Waals surface area contributed by atoms with E-state index in [4.69, 9.17) is 4.74 Å². The van der Waals surface area contributed by atoms with Gasteiger partial charge in [-0.3, -0.25) is 9.69 Å². The SMILES string of the molecule is CC(=O)N(CCN1CCOCC1)Cc1cc2ccc(C)cc2n2nnnc12. The average molecular weight is 368 g/mol. The summed E-state index contributed by atoms with van der Waals surface area (Å²) in [5, 5.41) is 13.3. The molecule has 0 N–H and O–H groups in total. The number of morpholine rings is 1. The molecule has 27 heavy (non-hydrogen) atoms. The van der Waals surface area contributed by atoms with E-state index in [1.807, 2.05) is 11.8 Å². The van der Waals surface area contributed by atoms with Crippen LogP contribution in [0.25, 0.3) is 16.6 Å². The number of tetrazole rings is 1. The zero-order valence-corrected chi connectivity index (χ0v) is 15.8. The van der Waals surface area contributed by atoms with Crippen LogP contribution in [0.5, 0.6) is 0 Å². The van der Waals surface area contributed by atoms with E-state index in [9.17, 15) is 4.79 Å². The quantitative estimate of drug-likeness (QED) is 0.675. The second-order valence-corrected chi connectivity index (χ2v) is 7.04. The van der Waals surface area contributed by atoms with Gasteiger partial charge in [0.1, 0.15) is 0 Å². The molecule has 8 nitrogen and oxygen atoms in total. The van der Waals surface area contributed by atoms with Crippen molar-refractivity contribution in [2.24, 2.45) is 0 Å². The minimum Gasteiger partial charge on any atom is -0.379 e. The number of carbonyl (C=O) groups is 1. The average Bonchev–Trinajstić information content (AvgIpc) is 3.16. The molecule has 1 aliphatic heterocycles. The molecule has 0 atom stereocenters. The Hall–Kier alpha value is -2.58. The van der Waals surface area contributed by atoms with E-state index in [-0.39, 0.29) is 5.91 Å². The highest BCUT2D eigenvalue weighted by molar-refractivity contribution is 5.84. The third-order valence-electron chi connectivity index (χ3n) is 5.10. The van der Waals surface area contributed by atoms with Crippen molar-refractivity contribution in [2.75, 3.05) is 39.4 Å². The van der Waals surface area contributed by atoms with Crippen molar-refractivity contribution in [3.8, 4) is 0 Å². The van der Waals surface area contributed by atoms with Gasteiger partial charge in [-0.1, -0.05) is 12.1 Å². The second-order valence-electron chi connectivity index (χ2n) is 7.04. The first-order chi connectivity index (χ1) is 13.1. The van der Waals surface area contributed by atoms with Crippen LogP contribution in [0.3, 0.4) is 0 Å². The van der Waals surface area contributed by atoms with E-state index in [0.717, 1.165) is 54.9 Å². The van der Waals surface area contributed by atoms with Gasteiger partial charge in [-0.05, 0) is 35.0 Å². The Morgan fingerprint density at radius 3 is 2.85 bits per heavy atom. The van der Waals surface area contributed by atoms with E-state index in [0.29, 0.717) is 18.7 Å². The van der Waals surface area contributed by atoms with Gasteiger partial charge in [-0.2, -0.15) is 4.52 Å². The number of amides is 1. The van der Waals surface area contributed by atoms with Crippen LogP contribution in [-0.2, 0) is 16.1 Å². The maximum atomic E-state index is 12.2. The van der Waals surface area contributed by atoms with Crippen LogP contribution < -0.4 is 0 Å². The Labute approximate surface area is 157 Å². The van der Waals surface area contributed by atoms with Crippen molar-refractivity contribution in [1.29, 1.82) is 0 Å². The first-order valence-electron chi connectivity index (χ1n) is 9.28. The van der Waals surface area contributed by atoms with Gasteiger partial charge in [-0.25, -0.2) is 0 Å². The number of rotatable bonds is 5. The van der Waals surface area contributed by atoms with Gasteiger partial charge in [0.05, 0.1) is 18.7 Å². The van der Waals surface area contributed by atoms with Gasteiger partial charge in [0, 0.05) is 50.6 Å². The summed E-state index contributed by atoms with van der Waals surface area (Å²) in [4.78, 5) is 16.4. The molecule has 1 aliphatic rings. The Balaban J connectivity index is 1.60. The van der Waals surface area contributed by atoms with Crippen LogP contribution in [0, 0.1) is 6.92 Å². The van der Waals surface area contributed by atoms with E-state index in [1.54, 1.807) is 11.4 Å². The van der Waals surface area contributed by atoms with E-state index < -0.39 is 0 Å². The molecule has 3 aromatic rings. The van der Waals surface area contributed by atoms with E-state index in [2.05, 4.69) is 44.7 Å². The molecule has 8 heteroatoms. The van der Waals surface area contributed by atoms with Crippen LogP contribution in [0.15, 0.2) is 24.3 Å². The fourth-order valence-corrected chi connectivity index (χ4v) is 3.52. The molecular formula is C19H24N6O2. The third-order valence-corrected chi connectivity index (χ3v) is 5.10. The molecule has 0 radical (unpaired) electrons. The van der Waals surface area contributed by atoms with E-state index >= 15 is 0 Å². The number of fused-ring (bicyclic) bond motifs is 3. The first-order valence-corrected chi connectivity index (χ1v) is 9.28. The summed E-state index contributed by atoms with van der Waals surface area (Å²) in [7, 11) is 0. The van der Waals surface area contributed by atoms with Gasteiger partial charge >= 0.3 is 0 Å². The largest absolute Gasteiger partial charge is 0.379 e. The molecule has 1 amide bonds. The Morgan fingerprint density at radius 2 is 2.07 bits per heavy atom. The van der Waals surface area contributed by atoms with Crippen LogP contribution in [0.4, 0.5) is 0 Å². The summed E-state index contributed by atoms with van der Waals surface area (Å²) in [5.41, 5.74) is 3.78. The molecule has 0 saturated carbocycles. The van der Waals surface area contributed by atoms with Crippen molar-refractivity contribution < 1.29 is 9.53 Å². The van der Waals surface area contributed by atoms with Crippen molar-refractivity contribution in [1.82, 2.24) is 29.8 Å². The smallest absolute Gasteiger partial charge is 0.219 e. The molecule has 3 heterocycles. The Kier molecular flexibility index (Phi) is 5.00. The van der Waals surface area contributed by atoms with Gasteiger partial charge in [0.25, 0.3) is 0 Å². The third kappa shape index (κ3) is 3.77. The van der Waals surface area contributed by atoms with Crippen molar-refractivity contribution >= 4 is 22.5 Å². The number of nitrogens with zero attached hydrogens (tertiary/aromatic N) is 6. The number of aryl methyl sites for hydroxylation is 1. The lowest BCUT2D eigenvalue weighted by Crippen LogP contribution is -2.42. The second kappa shape index (κ2) is 7.58. The van der Waals surface area contributed by atoms with Crippen molar-refractivity contribution in [2.45, 2.75) is 20.4 Å². The van der Waals surface area contributed by atoms with Crippen LogP contribution >= 0.6 is 0 Å². The fraction of sp³-hybridized carbons (Fsp3) is 0.474. The predicted molar refractivity (Wildman–Crippen MR) is 101 cm³/mol. The topological polar surface area (TPSA) is 75.9 Å². The lowest BCUT2D eigenvalue weighted by atomic mass is 10.1. The lowest BCUT2D eigenvalue weighted by molar-refractivity contribution is -0.129. The highest BCUT2D eigenvalue weighted by Crippen LogP contribution is 2.21. The summed E-state index contributed by atoms with van der Waals surface area (Å²) in [6, 6.07) is 8.30. The number of hydrogen-bond acceptors (Lipinski definition) is 6. The van der Waals surface area contributed by atoms with Gasteiger partial charge < -0.3 is 9.64 Å². The molecule has 142 valence electrons. The fourth-order valence-electron chi connectivity index (χ4n) is 3.52. The molecule has 0 bridgehead atoms. The number of benzene rings is 1. The Bertz CT molecular complexity index is 963. The molecule has 1 aromatic carbocycles. The van der Waals surface area contributed by atoms with Crippen LogP contribution in [-0.4, -0.2) is 75.1 Å². The van der Waals surface area contributed by atoms with Gasteiger partial charge in [-0.15, -0.1) is 5.10 Å². The number of carbonyl (C=O) groups excluding carboxylic acids is 1. The van der Waals surface area contributed by atoms with Crippen LogP contribution in [0.1, 0.15) is 18.1 Å². The van der Waals surface area contributed by atoms with Crippen molar-refractivity contribution in [3.63, 3.8) is 0 Å². The molecule has 2 aromatic heterocycles. The summed E-state index contributed by atoms with van der Waals surface area (Å²) < 4.78 is 7.15. The predicted octanol–water partition coefficient (Wildman–Crippen LogP) is 1.27. The van der Waals surface area contributed by atoms with Gasteiger partial charge in [0.2, 0.25) is 5.91 Å². The monoisotopic (exact) mass is 368 g/mol. The number of ether oxygens (including phenoxy) is 1. The lowest BCUT2D eigenvalue weighted by Gasteiger charge is -2.29. The zero-order chi connectivity index (χ0) is 18.8. The molecule has 0 unspecified atom stereocenters. The molecular weight excluding hydrogens is 344 g/mol. The minimum atomic E-state index is 0.0536. The number of pyridine rings is 1. The number of aromatic nitrogens is 4. The maximum Gasteiger partial charge on any atom is 0.219 e. The molecule has 0 spiro atoms. The highest BCUT2D eigenvalue weighted by atomic mass is 16.5. The zero-order valence-electron chi connectivity index (χ0n) is 15.8. The van der Waals surface area contributed by atoms with Gasteiger partial charge in [0.15, 0.2) is 5.65 Å². The first kappa shape index (κ1) is 17.8. The van der Waals surface area contributed by atoms with E-state index in [1.165, 1.54) is 0 Å². The highest BCUT2D eigenvalue weighted by Gasteiger charge is 2.17. The number of hydrogen-bond donors (Lipinski definition) is 0. The standard InChI is InChI=1S/C19H24N6O2/c1-14-3-4-16-12-17(19-20-21-22-25(19)18(16)11-14)13-24(15(2)26)6-5-23-7-9-27-10-8-23/h3-4,11-12H,5-10,13H2,1-2H3. The summed E-state index contributed by atoms with van der Waals surface area (Å²) in [5.74, 6) is 0.0536. The summed E-state index contributed by atoms with van der Waals surface area (Å²) in [6.07, 6.45) is 0. The molecule has 0 aliphatic carbocycles. The maximum absolute atomic E-state index is 12.2. The normalized spacial score (nSPS) is 15.5. The minimum absolute atomic E-state index is 0.0536. The van der Waals surface area contributed by atoms with Crippen LogP contribution in [0.2, 0.25) is 0 Å². The summed E-state index contributed by atoms with van der Waals surface area (Å²) in [6.45, 7) is 9.03. The van der Waals surface area contributed by atoms with Crippen molar-refractivity contribution in [3.05, 3.63) is 35.4 Å². The molecule has 4 rings (SSSR count). The summed E-state index contributed by atoms with van der Waals surface area (Å²) >= 11 is 0. The molecule has 1 fully saturated rings. The Morgan fingerprint density at radius 1 is 1.26 bits per heavy atom.